The summed E-state index contributed by atoms with van der Waals surface area (Å²) in [5.41, 5.74) is 1.08. The summed E-state index contributed by atoms with van der Waals surface area (Å²) in [7, 11) is 0. The van der Waals surface area contributed by atoms with Crippen LogP contribution in [-0.4, -0.2) is 26.9 Å². The Bertz CT molecular complexity index is 548. The van der Waals surface area contributed by atoms with Crippen molar-refractivity contribution in [1.82, 2.24) is 15.2 Å². The molecule has 0 radical (unpaired) electrons. The zero-order valence-corrected chi connectivity index (χ0v) is 9.10. The minimum absolute atomic E-state index is 0.0548. The number of hydrogen-bond donors (Lipinski definition) is 2. The van der Waals surface area contributed by atoms with Gasteiger partial charge < -0.3 is 5.32 Å². The summed E-state index contributed by atoms with van der Waals surface area (Å²) in [6, 6.07) is 6.69. The van der Waals surface area contributed by atoms with Crippen LogP contribution >= 0.6 is 0 Å². The van der Waals surface area contributed by atoms with Gasteiger partial charge in [-0.3, -0.25) is 14.7 Å². The number of amides is 1. The molecule has 6 nitrogen and oxygen atoms in total. The zero-order chi connectivity index (χ0) is 12.3. The van der Waals surface area contributed by atoms with Crippen LogP contribution in [0.15, 0.2) is 30.6 Å². The standard InChI is InChI=1S/C11H10N4O2/c1-7(16)8-3-2-4-9(5-8)14-11(17)10-12-6-13-15-10/h2-6H,1H3,(H,14,17)(H,12,13,15). The van der Waals surface area contributed by atoms with Crippen molar-refractivity contribution in [2.45, 2.75) is 6.92 Å². The molecular formula is C11H10N4O2. The van der Waals surface area contributed by atoms with Crippen LogP contribution < -0.4 is 5.32 Å². The quantitative estimate of drug-likeness (QED) is 0.777. The van der Waals surface area contributed by atoms with Gasteiger partial charge in [-0.15, -0.1) is 0 Å². The van der Waals surface area contributed by atoms with Gasteiger partial charge in [-0.1, -0.05) is 12.1 Å². The van der Waals surface area contributed by atoms with Crippen LogP contribution in [0.4, 0.5) is 5.69 Å². The molecule has 17 heavy (non-hydrogen) atoms. The summed E-state index contributed by atoms with van der Waals surface area (Å²) >= 11 is 0. The van der Waals surface area contributed by atoms with Crippen molar-refractivity contribution in [2.24, 2.45) is 0 Å². The minimum atomic E-state index is -0.400. The van der Waals surface area contributed by atoms with Crippen molar-refractivity contribution >= 4 is 17.4 Å². The fourth-order valence-corrected chi connectivity index (χ4v) is 1.32. The van der Waals surface area contributed by atoms with Crippen molar-refractivity contribution in [3.05, 3.63) is 42.0 Å². The maximum atomic E-state index is 11.6. The third-order valence-electron chi connectivity index (χ3n) is 2.16. The molecule has 1 heterocycles. The molecule has 0 saturated carbocycles. The predicted molar refractivity (Wildman–Crippen MR) is 60.8 cm³/mol. The molecule has 1 amide bonds. The van der Waals surface area contributed by atoms with Crippen LogP contribution in [0.1, 0.15) is 27.9 Å². The Labute approximate surface area is 97.1 Å². The third kappa shape index (κ3) is 2.54. The lowest BCUT2D eigenvalue weighted by molar-refractivity contribution is 0.100. The van der Waals surface area contributed by atoms with E-state index in [4.69, 9.17) is 0 Å². The highest BCUT2D eigenvalue weighted by atomic mass is 16.2. The number of aromatic amines is 1. The number of anilines is 1. The second-order valence-electron chi connectivity index (χ2n) is 3.43. The van der Waals surface area contributed by atoms with Gasteiger partial charge in [0.25, 0.3) is 5.91 Å². The lowest BCUT2D eigenvalue weighted by Crippen LogP contribution is -2.14. The number of benzene rings is 1. The highest BCUT2D eigenvalue weighted by Gasteiger charge is 2.09. The van der Waals surface area contributed by atoms with Gasteiger partial charge in [0.15, 0.2) is 5.78 Å². The predicted octanol–water partition coefficient (Wildman–Crippen LogP) is 1.26. The molecule has 2 rings (SSSR count). The molecule has 6 heteroatoms. The number of rotatable bonds is 3. The van der Waals surface area contributed by atoms with Gasteiger partial charge in [0.05, 0.1) is 0 Å². The smallest absolute Gasteiger partial charge is 0.292 e. The minimum Gasteiger partial charge on any atom is -0.319 e. The van der Waals surface area contributed by atoms with E-state index >= 15 is 0 Å². The van der Waals surface area contributed by atoms with Crippen LogP contribution in [-0.2, 0) is 0 Å². The Morgan fingerprint density at radius 1 is 1.35 bits per heavy atom. The lowest BCUT2D eigenvalue weighted by Gasteiger charge is -2.04. The number of ketones is 1. The SMILES string of the molecule is CC(=O)c1cccc(NC(=O)c2ncn[nH]2)c1. The molecule has 0 unspecified atom stereocenters. The topological polar surface area (TPSA) is 87.7 Å². The van der Waals surface area contributed by atoms with E-state index in [9.17, 15) is 9.59 Å². The first-order valence-corrected chi connectivity index (χ1v) is 4.94. The van der Waals surface area contributed by atoms with E-state index in [1.807, 2.05) is 0 Å². The first-order chi connectivity index (χ1) is 8.16. The highest BCUT2D eigenvalue weighted by Crippen LogP contribution is 2.11. The van der Waals surface area contributed by atoms with Crippen molar-refractivity contribution in [3.63, 3.8) is 0 Å². The molecule has 0 aliphatic rings. The van der Waals surface area contributed by atoms with E-state index in [0.717, 1.165) is 0 Å². The fourth-order valence-electron chi connectivity index (χ4n) is 1.32. The summed E-state index contributed by atoms with van der Waals surface area (Å²) in [5, 5.41) is 8.65. The average Bonchev–Trinajstić information content (AvgIpc) is 2.82. The van der Waals surface area contributed by atoms with E-state index in [-0.39, 0.29) is 11.6 Å². The van der Waals surface area contributed by atoms with Gasteiger partial charge in [-0.2, -0.15) is 5.10 Å². The molecule has 0 saturated heterocycles. The molecule has 2 aromatic rings. The van der Waals surface area contributed by atoms with Gasteiger partial charge in [-0.05, 0) is 19.1 Å². The van der Waals surface area contributed by atoms with Crippen LogP contribution in [0.5, 0.6) is 0 Å². The van der Waals surface area contributed by atoms with Crippen molar-refractivity contribution in [3.8, 4) is 0 Å². The van der Waals surface area contributed by atoms with Crippen LogP contribution in [0.3, 0.4) is 0 Å². The Hall–Kier alpha value is -2.50. The number of hydrogen-bond acceptors (Lipinski definition) is 4. The first-order valence-electron chi connectivity index (χ1n) is 4.94. The van der Waals surface area contributed by atoms with E-state index < -0.39 is 5.91 Å². The number of H-pyrrole nitrogens is 1. The monoisotopic (exact) mass is 230 g/mol. The van der Waals surface area contributed by atoms with Gasteiger partial charge in [0, 0.05) is 11.3 Å². The van der Waals surface area contributed by atoms with Crippen molar-refractivity contribution < 1.29 is 9.59 Å². The summed E-state index contributed by atoms with van der Waals surface area (Å²) in [6.07, 6.45) is 1.25. The highest BCUT2D eigenvalue weighted by molar-refractivity contribution is 6.02. The molecule has 0 spiro atoms. The molecule has 0 fully saturated rings. The Morgan fingerprint density at radius 2 is 2.18 bits per heavy atom. The molecule has 1 aromatic heterocycles. The Morgan fingerprint density at radius 3 is 2.82 bits per heavy atom. The summed E-state index contributed by atoms with van der Waals surface area (Å²) in [4.78, 5) is 26.5. The summed E-state index contributed by atoms with van der Waals surface area (Å²) in [6.45, 7) is 1.47. The van der Waals surface area contributed by atoms with Crippen molar-refractivity contribution in [1.29, 1.82) is 0 Å². The molecule has 0 aliphatic carbocycles. The number of nitrogens with zero attached hydrogens (tertiary/aromatic N) is 2. The van der Waals surface area contributed by atoms with Gasteiger partial charge >= 0.3 is 0 Å². The van der Waals surface area contributed by atoms with Gasteiger partial charge in [0.1, 0.15) is 6.33 Å². The number of nitrogens with one attached hydrogen (secondary N) is 2. The maximum absolute atomic E-state index is 11.6. The lowest BCUT2D eigenvalue weighted by atomic mass is 10.1. The number of carbonyl (C=O) groups is 2. The summed E-state index contributed by atoms with van der Waals surface area (Å²) in [5.74, 6) is -0.331. The molecule has 2 N–H and O–H groups in total. The number of aromatic nitrogens is 3. The second kappa shape index (κ2) is 4.56. The molecule has 1 aromatic carbocycles. The largest absolute Gasteiger partial charge is 0.319 e. The fraction of sp³-hybridized carbons (Fsp3) is 0.0909. The van der Waals surface area contributed by atoms with Crippen LogP contribution in [0.2, 0.25) is 0 Å². The van der Waals surface area contributed by atoms with E-state index in [1.54, 1.807) is 24.3 Å². The van der Waals surface area contributed by atoms with E-state index in [2.05, 4.69) is 20.5 Å². The molecule has 0 atom stereocenters. The van der Waals surface area contributed by atoms with Crippen LogP contribution in [0.25, 0.3) is 0 Å². The second-order valence-corrected chi connectivity index (χ2v) is 3.43. The Balaban J connectivity index is 2.16. The molecule has 86 valence electrons. The number of Topliss-reactive ketones (excluding diaryl/α,β-unsaturated/α-hetero) is 1. The Kier molecular flexibility index (Phi) is 2.95. The molecule has 0 aliphatic heterocycles. The zero-order valence-electron chi connectivity index (χ0n) is 9.10. The van der Waals surface area contributed by atoms with E-state index in [0.29, 0.717) is 11.3 Å². The molecular weight excluding hydrogens is 220 g/mol. The van der Waals surface area contributed by atoms with Crippen molar-refractivity contribution in [2.75, 3.05) is 5.32 Å². The third-order valence-corrected chi connectivity index (χ3v) is 2.16. The molecule has 0 bridgehead atoms. The van der Waals surface area contributed by atoms with E-state index in [1.165, 1.54) is 13.3 Å². The maximum Gasteiger partial charge on any atom is 0.292 e. The van der Waals surface area contributed by atoms with Gasteiger partial charge in [-0.25, -0.2) is 4.98 Å². The normalized spacial score (nSPS) is 9.94. The average molecular weight is 230 g/mol. The first kappa shape index (κ1) is 11.0. The van der Waals surface area contributed by atoms with Crippen LogP contribution in [0, 0.1) is 0 Å². The summed E-state index contributed by atoms with van der Waals surface area (Å²) < 4.78 is 0. The van der Waals surface area contributed by atoms with Gasteiger partial charge in [0.2, 0.25) is 5.82 Å². The number of carbonyl (C=O) groups excluding carboxylic acids is 2.